The summed E-state index contributed by atoms with van der Waals surface area (Å²) in [6, 6.07) is 1.58. The summed E-state index contributed by atoms with van der Waals surface area (Å²) in [6.07, 6.45) is 0.836. The van der Waals surface area contributed by atoms with Gasteiger partial charge in [-0.2, -0.15) is 0 Å². The van der Waals surface area contributed by atoms with Crippen LogP contribution in [0.3, 0.4) is 0 Å². The number of rotatable bonds is 4. The molecule has 4 N–H and O–H groups in total. The number of carbonyl (C=O) groups is 1. The minimum atomic E-state index is -1.08. The van der Waals surface area contributed by atoms with Crippen molar-refractivity contribution in [2.75, 3.05) is 0 Å². The first kappa shape index (κ1) is 14.6. The fraction of sp³-hybridized carbons (Fsp3) is 0.100. The van der Waals surface area contributed by atoms with Crippen molar-refractivity contribution in [1.82, 2.24) is 15.0 Å². The zero-order chi connectivity index (χ0) is 15.6. The first-order chi connectivity index (χ1) is 9.93. The lowest BCUT2D eigenvalue weighted by Crippen LogP contribution is -2.32. The quantitative estimate of drug-likeness (QED) is 0.289. The molecule has 10 nitrogen and oxygen atoms in total. The zero-order valence-electron chi connectivity index (χ0n) is 10.4. The van der Waals surface area contributed by atoms with E-state index in [1.807, 2.05) is 10.4 Å². The largest absolute Gasteiger partial charge is 0.350 e. The summed E-state index contributed by atoms with van der Waals surface area (Å²) in [6.45, 7) is -0.108. The molecule has 0 spiro atoms. The third-order valence-electron chi connectivity index (χ3n) is 2.61. The lowest BCUT2D eigenvalue weighted by Gasteiger charge is -2.05. The van der Waals surface area contributed by atoms with E-state index in [1.165, 1.54) is 0 Å². The fourth-order valence-corrected chi connectivity index (χ4v) is 2.47. The molecule has 0 aliphatic carbocycles. The minimum absolute atomic E-state index is 0.108. The molecular weight excluding hydrogens is 302 g/mol. The minimum Gasteiger partial charge on any atom is -0.289 e. The Bertz CT molecular complexity index is 820. The predicted octanol–water partition coefficient (Wildman–Crippen LogP) is -0.842. The summed E-state index contributed by atoms with van der Waals surface area (Å²) < 4.78 is 0.939. The number of nitro groups is 1. The molecule has 2 aromatic heterocycles. The van der Waals surface area contributed by atoms with Crippen molar-refractivity contribution in [2.45, 2.75) is 6.54 Å². The molecular formula is C10H9N5O5S. The first-order valence-corrected chi connectivity index (χ1v) is 6.37. The van der Waals surface area contributed by atoms with E-state index in [2.05, 4.69) is 0 Å². The van der Waals surface area contributed by atoms with Gasteiger partial charge in [0.15, 0.2) is 0 Å². The van der Waals surface area contributed by atoms with Crippen molar-refractivity contribution < 1.29 is 9.72 Å². The topological polar surface area (TPSA) is 153 Å². The maximum atomic E-state index is 11.7. The summed E-state index contributed by atoms with van der Waals surface area (Å²) >= 11 is 1.11. The molecule has 1 amide bonds. The summed E-state index contributed by atoms with van der Waals surface area (Å²) in [4.78, 5) is 46.4. The van der Waals surface area contributed by atoms with Gasteiger partial charge in [0.1, 0.15) is 0 Å². The van der Waals surface area contributed by atoms with Crippen LogP contribution in [0.15, 0.2) is 27.2 Å². The molecule has 0 unspecified atom stereocenters. The number of aromatic amines is 1. The standard InChI is InChI=1S/C10H9N5O5S/c11-13-9(17)7-5(1-2-21-7)3-14-4-6(15(19)20)8(16)12-10(14)18/h1-2,4H,3,11H2,(H,13,17)(H,12,16,18). The number of hydrazine groups is 1. The van der Waals surface area contributed by atoms with Gasteiger partial charge in [-0.05, 0) is 17.0 Å². The first-order valence-electron chi connectivity index (χ1n) is 5.49. The molecule has 11 heteroatoms. The molecule has 0 saturated carbocycles. The molecule has 0 radical (unpaired) electrons. The number of H-pyrrole nitrogens is 1. The van der Waals surface area contributed by atoms with Crippen LogP contribution in [0.4, 0.5) is 5.69 Å². The Morgan fingerprint density at radius 1 is 1.52 bits per heavy atom. The second-order valence-electron chi connectivity index (χ2n) is 3.91. The van der Waals surface area contributed by atoms with Gasteiger partial charge in [-0.3, -0.25) is 34.7 Å². The molecule has 0 bridgehead atoms. The van der Waals surface area contributed by atoms with Gasteiger partial charge >= 0.3 is 16.9 Å². The Kier molecular flexibility index (Phi) is 3.95. The van der Waals surface area contributed by atoms with Crippen molar-refractivity contribution in [3.8, 4) is 0 Å². The summed E-state index contributed by atoms with van der Waals surface area (Å²) in [7, 11) is 0. The van der Waals surface area contributed by atoms with Crippen LogP contribution in [0.1, 0.15) is 15.2 Å². The number of nitrogens with one attached hydrogen (secondary N) is 2. The van der Waals surface area contributed by atoms with E-state index < -0.39 is 27.8 Å². The second-order valence-corrected chi connectivity index (χ2v) is 4.82. The number of amides is 1. The van der Waals surface area contributed by atoms with E-state index in [4.69, 9.17) is 5.84 Å². The van der Waals surface area contributed by atoms with Crippen LogP contribution in [0.2, 0.25) is 0 Å². The third-order valence-corrected chi connectivity index (χ3v) is 3.57. The Labute approximate surface area is 120 Å². The number of hydrogen-bond donors (Lipinski definition) is 3. The number of carbonyl (C=O) groups excluding carboxylic acids is 1. The molecule has 2 aromatic rings. The normalized spacial score (nSPS) is 10.3. The number of aromatic nitrogens is 2. The average molecular weight is 311 g/mol. The van der Waals surface area contributed by atoms with Crippen molar-refractivity contribution in [3.63, 3.8) is 0 Å². The lowest BCUT2D eigenvalue weighted by molar-refractivity contribution is -0.386. The van der Waals surface area contributed by atoms with Gasteiger partial charge in [0.05, 0.1) is 22.5 Å². The van der Waals surface area contributed by atoms with Gasteiger partial charge in [0.2, 0.25) is 0 Å². The SMILES string of the molecule is NNC(=O)c1sccc1Cn1cc([N+](=O)[O-])c(=O)[nH]c1=O. The summed E-state index contributed by atoms with van der Waals surface area (Å²) in [5.74, 6) is 4.51. The molecule has 110 valence electrons. The Balaban J connectivity index is 2.46. The van der Waals surface area contributed by atoms with Gasteiger partial charge in [-0.1, -0.05) is 0 Å². The van der Waals surface area contributed by atoms with Crippen molar-refractivity contribution in [1.29, 1.82) is 0 Å². The third kappa shape index (κ3) is 2.88. The Morgan fingerprint density at radius 3 is 2.86 bits per heavy atom. The van der Waals surface area contributed by atoms with Gasteiger partial charge in [0.25, 0.3) is 5.91 Å². The van der Waals surface area contributed by atoms with Crippen molar-refractivity contribution >= 4 is 22.9 Å². The van der Waals surface area contributed by atoms with Crippen LogP contribution in [-0.2, 0) is 6.54 Å². The highest BCUT2D eigenvalue weighted by atomic mass is 32.1. The molecule has 0 aliphatic rings. The van der Waals surface area contributed by atoms with Gasteiger partial charge in [0, 0.05) is 0 Å². The lowest BCUT2D eigenvalue weighted by atomic mass is 10.2. The predicted molar refractivity (Wildman–Crippen MR) is 73.1 cm³/mol. The fourth-order valence-electron chi connectivity index (χ4n) is 1.65. The summed E-state index contributed by atoms with van der Waals surface area (Å²) in [5.41, 5.74) is -0.226. The Morgan fingerprint density at radius 2 is 2.24 bits per heavy atom. The Hall–Kier alpha value is -2.79. The zero-order valence-corrected chi connectivity index (χ0v) is 11.2. The highest BCUT2D eigenvalue weighted by Crippen LogP contribution is 2.17. The maximum absolute atomic E-state index is 11.7. The highest BCUT2D eigenvalue weighted by molar-refractivity contribution is 7.12. The van der Waals surface area contributed by atoms with Crippen LogP contribution >= 0.6 is 11.3 Å². The molecule has 0 aromatic carbocycles. The van der Waals surface area contributed by atoms with Crippen LogP contribution < -0.4 is 22.5 Å². The number of nitrogens with two attached hydrogens (primary N) is 1. The van der Waals surface area contributed by atoms with Gasteiger partial charge in [-0.25, -0.2) is 10.6 Å². The number of nitrogen functional groups attached to an aromatic ring is 1. The molecule has 2 heterocycles. The smallest absolute Gasteiger partial charge is 0.289 e. The van der Waals surface area contributed by atoms with Crippen LogP contribution in [-0.4, -0.2) is 20.4 Å². The number of thiophene rings is 1. The molecule has 0 atom stereocenters. The monoisotopic (exact) mass is 311 g/mol. The van der Waals surface area contributed by atoms with E-state index in [-0.39, 0.29) is 11.4 Å². The van der Waals surface area contributed by atoms with Gasteiger partial charge in [-0.15, -0.1) is 11.3 Å². The highest BCUT2D eigenvalue weighted by Gasteiger charge is 2.17. The van der Waals surface area contributed by atoms with E-state index in [0.717, 1.165) is 22.1 Å². The maximum Gasteiger partial charge on any atom is 0.350 e. The molecule has 0 fully saturated rings. The molecule has 0 saturated heterocycles. The van der Waals surface area contributed by atoms with Gasteiger partial charge < -0.3 is 0 Å². The second kappa shape index (κ2) is 5.68. The van der Waals surface area contributed by atoms with E-state index in [0.29, 0.717) is 5.56 Å². The average Bonchev–Trinajstić information content (AvgIpc) is 2.88. The summed E-state index contributed by atoms with van der Waals surface area (Å²) in [5, 5.41) is 12.3. The molecule has 2 rings (SSSR count). The van der Waals surface area contributed by atoms with Crippen LogP contribution in [0, 0.1) is 10.1 Å². The number of nitrogens with zero attached hydrogens (tertiary/aromatic N) is 2. The van der Waals surface area contributed by atoms with E-state index >= 15 is 0 Å². The van der Waals surface area contributed by atoms with Crippen molar-refractivity contribution in [2.24, 2.45) is 5.84 Å². The van der Waals surface area contributed by atoms with E-state index in [9.17, 15) is 24.5 Å². The number of hydrogen-bond acceptors (Lipinski definition) is 7. The van der Waals surface area contributed by atoms with Crippen molar-refractivity contribution in [3.05, 3.63) is 59.0 Å². The molecule has 21 heavy (non-hydrogen) atoms. The molecule has 0 aliphatic heterocycles. The van der Waals surface area contributed by atoms with Crippen LogP contribution in [0.25, 0.3) is 0 Å². The van der Waals surface area contributed by atoms with Crippen LogP contribution in [0.5, 0.6) is 0 Å². The van der Waals surface area contributed by atoms with E-state index in [1.54, 1.807) is 11.4 Å².